The maximum Gasteiger partial charge on any atom is 0.253 e. The van der Waals surface area contributed by atoms with Crippen molar-refractivity contribution in [1.82, 2.24) is 5.32 Å². The molecule has 126 valence electrons. The number of ether oxygens (including phenoxy) is 2. The molecule has 0 saturated carbocycles. The summed E-state index contributed by atoms with van der Waals surface area (Å²) in [6, 6.07) is 12.1. The number of para-hydroxylation sites is 1. The summed E-state index contributed by atoms with van der Waals surface area (Å²) in [5.74, 6) is 0.568. The van der Waals surface area contributed by atoms with E-state index in [1.54, 1.807) is 56.6 Å². The van der Waals surface area contributed by atoms with Crippen LogP contribution in [0.2, 0.25) is 0 Å². The van der Waals surface area contributed by atoms with Crippen molar-refractivity contribution in [2.75, 3.05) is 26.2 Å². The Morgan fingerprint density at radius 3 is 2.25 bits per heavy atom. The zero-order valence-electron chi connectivity index (χ0n) is 14.1. The van der Waals surface area contributed by atoms with Crippen LogP contribution >= 0.6 is 0 Å². The fourth-order valence-corrected chi connectivity index (χ4v) is 2.45. The molecule has 2 rings (SSSR count). The second kappa shape index (κ2) is 7.50. The molecule has 0 atom stereocenters. The molecule has 1 N–H and O–H groups in total. The van der Waals surface area contributed by atoms with Gasteiger partial charge in [0.25, 0.3) is 5.91 Å². The van der Waals surface area contributed by atoms with E-state index in [0.29, 0.717) is 28.4 Å². The van der Waals surface area contributed by atoms with E-state index in [4.69, 9.17) is 9.47 Å². The summed E-state index contributed by atoms with van der Waals surface area (Å²) in [4.78, 5) is 25.9. The first-order valence-corrected chi connectivity index (χ1v) is 7.37. The van der Waals surface area contributed by atoms with Gasteiger partial charge in [-0.2, -0.15) is 0 Å². The molecule has 0 saturated heterocycles. The summed E-state index contributed by atoms with van der Waals surface area (Å²) in [5.41, 5.74) is 1.48. The van der Waals surface area contributed by atoms with Gasteiger partial charge in [0.1, 0.15) is 0 Å². The van der Waals surface area contributed by atoms with Crippen LogP contribution in [0.5, 0.6) is 11.5 Å². The lowest BCUT2D eigenvalue weighted by Gasteiger charge is -2.24. The Labute approximate surface area is 141 Å². The van der Waals surface area contributed by atoms with Gasteiger partial charge in [-0.05, 0) is 24.3 Å². The van der Waals surface area contributed by atoms with E-state index >= 15 is 0 Å². The Kier molecular flexibility index (Phi) is 5.42. The molecule has 0 unspecified atom stereocenters. The molecular weight excluding hydrogens is 308 g/mol. The molecule has 0 aromatic heterocycles. The van der Waals surface area contributed by atoms with E-state index in [-0.39, 0.29) is 11.8 Å². The number of amides is 2. The molecule has 0 fully saturated rings. The van der Waals surface area contributed by atoms with Gasteiger partial charge >= 0.3 is 0 Å². The first-order chi connectivity index (χ1) is 11.5. The van der Waals surface area contributed by atoms with Gasteiger partial charge in [0.2, 0.25) is 5.91 Å². The average Bonchev–Trinajstić information content (AvgIpc) is 2.61. The number of benzene rings is 2. The van der Waals surface area contributed by atoms with Crippen molar-refractivity contribution in [1.29, 1.82) is 0 Å². The highest BCUT2D eigenvalue weighted by molar-refractivity contribution is 6.07. The summed E-state index contributed by atoms with van der Waals surface area (Å²) in [7, 11) is 4.62. The Balaban J connectivity index is 2.60. The zero-order valence-corrected chi connectivity index (χ0v) is 14.1. The van der Waals surface area contributed by atoms with Crippen LogP contribution in [0, 0.1) is 0 Å². The Morgan fingerprint density at radius 2 is 1.67 bits per heavy atom. The maximum absolute atomic E-state index is 12.3. The van der Waals surface area contributed by atoms with Gasteiger partial charge in [-0.25, -0.2) is 0 Å². The topological polar surface area (TPSA) is 67.9 Å². The number of carbonyl (C=O) groups excluding carboxylic acids is 2. The summed E-state index contributed by atoms with van der Waals surface area (Å²) < 4.78 is 10.5. The predicted octanol–water partition coefficient (Wildman–Crippen LogP) is 2.75. The predicted molar refractivity (Wildman–Crippen MR) is 92.2 cm³/mol. The fourth-order valence-electron chi connectivity index (χ4n) is 2.45. The van der Waals surface area contributed by atoms with Gasteiger partial charge in [-0.15, -0.1) is 0 Å². The van der Waals surface area contributed by atoms with Gasteiger partial charge in [0, 0.05) is 20.0 Å². The average molecular weight is 328 g/mol. The van der Waals surface area contributed by atoms with Crippen molar-refractivity contribution in [3.05, 3.63) is 48.0 Å². The van der Waals surface area contributed by atoms with E-state index in [1.165, 1.54) is 18.9 Å². The summed E-state index contributed by atoms with van der Waals surface area (Å²) in [6.07, 6.45) is 0. The summed E-state index contributed by atoms with van der Waals surface area (Å²) in [6.45, 7) is 1.44. The Bertz CT molecular complexity index is 758. The van der Waals surface area contributed by atoms with Crippen LogP contribution in [0.1, 0.15) is 17.3 Å². The second-order valence-corrected chi connectivity index (χ2v) is 4.99. The molecule has 24 heavy (non-hydrogen) atoms. The monoisotopic (exact) mass is 328 g/mol. The minimum absolute atomic E-state index is 0.224. The smallest absolute Gasteiger partial charge is 0.253 e. The van der Waals surface area contributed by atoms with Crippen molar-refractivity contribution < 1.29 is 19.1 Å². The molecule has 2 aromatic carbocycles. The summed E-state index contributed by atoms with van der Waals surface area (Å²) in [5, 5.41) is 2.59. The number of anilines is 2. The first-order valence-electron chi connectivity index (χ1n) is 7.37. The molecule has 6 heteroatoms. The third kappa shape index (κ3) is 3.32. The van der Waals surface area contributed by atoms with Crippen LogP contribution < -0.4 is 19.7 Å². The zero-order chi connectivity index (χ0) is 17.7. The van der Waals surface area contributed by atoms with Crippen molar-refractivity contribution in [3.8, 4) is 11.5 Å². The molecule has 2 amide bonds. The minimum atomic E-state index is -0.266. The van der Waals surface area contributed by atoms with E-state index in [0.717, 1.165) is 0 Å². The largest absolute Gasteiger partial charge is 0.493 e. The van der Waals surface area contributed by atoms with Gasteiger partial charge in [-0.3, -0.25) is 14.5 Å². The van der Waals surface area contributed by atoms with Crippen molar-refractivity contribution in [2.24, 2.45) is 0 Å². The number of nitrogens with zero attached hydrogens (tertiary/aromatic N) is 1. The molecule has 0 aliphatic carbocycles. The lowest BCUT2D eigenvalue weighted by Crippen LogP contribution is -2.27. The normalized spacial score (nSPS) is 10.0. The number of carbonyl (C=O) groups is 2. The van der Waals surface area contributed by atoms with Crippen LogP contribution in [-0.4, -0.2) is 33.1 Å². The van der Waals surface area contributed by atoms with E-state index in [1.807, 2.05) is 0 Å². The molecule has 0 aliphatic rings. The SMILES string of the molecule is CNC(=O)c1ccccc1N(C(C)=O)c1ccc(OC)c(OC)c1. The van der Waals surface area contributed by atoms with E-state index in [9.17, 15) is 9.59 Å². The molecule has 0 spiro atoms. The lowest BCUT2D eigenvalue weighted by molar-refractivity contribution is -0.115. The standard InChI is InChI=1S/C18H20N2O4/c1-12(21)20(13-9-10-16(23-3)17(11-13)24-4)15-8-6-5-7-14(15)18(22)19-2/h5-11H,1-4H3,(H,19,22). The van der Waals surface area contributed by atoms with Crippen LogP contribution in [0.25, 0.3) is 0 Å². The third-order valence-electron chi connectivity index (χ3n) is 3.56. The van der Waals surface area contributed by atoms with Crippen LogP contribution in [0.15, 0.2) is 42.5 Å². The maximum atomic E-state index is 12.3. The summed E-state index contributed by atoms with van der Waals surface area (Å²) >= 11 is 0. The van der Waals surface area contributed by atoms with Crippen molar-refractivity contribution >= 4 is 23.2 Å². The van der Waals surface area contributed by atoms with E-state index in [2.05, 4.69) is 5.32 Å². The molecular formula is C18H20N2O4. The van der Waals surface area contributed by atoms with Crippen LogP contribution in [-0.2, 0) is 4.79 Å². The number of nitrogens with one attached hydrogen (secondary N) is 1. The molecule has 6 nitrogen and oxygen atoms in total. The molecule has 0 bridgehead atoms. The van der Waals surface area contributed by atoms with Crippen LogP contribution in [0.4, 0.5) is 11.4 Å². The van der Waals surface area contributed by atoms with Crippen LogP contribution in [0.3, 0.4) is 0 Å². The third-order valence-corrected chi connectivity index (χ3v) is 3.56. The van der Waals surface area contributed by atoms with Gasteiger partial charge in [0.05, 0.1) is 31.2 Å². The fraction of sp³-hybridized carbons (Fsp3) is 0.222. The highest BCUT2D eigenvalue weighted by Gasteiger charge is 2.21. The molecule has 0 aliphatic heterocycles. The van der Waals surface area contributed by atoms with Crippen molar-refractivity contribution in [2.45, 2.75) is 6.92 Å². The number of hydrogen-bond acceptors (Lipinski definition) is 4. The second-order valence-electron chi connectivity index (χ2n) is 4.99. The van der Waals surface area contributed by atoms with Gasteiger partial charge in [-0.1, -0.05) is 12.1 Å². The Morgan fingerprint density at radius 1 is 1.00 bits per heavy atom. The van der Waals surface area contributed by atoms with Gasteiger partial charge in [0.15, 0.2) is 11.5 Å². The van der Waals surface area contributed by atoms with Crippen molar-refractivity contribution in [3.63, 3.8) is 0 Å². The van der Waals surface area contributed by atoms with E-state index < -0.39 is 0 Å². The highest BCUT2D eigenvalue weighted by Crippen LogP contribution is 2.35. The first kappa shape index (κ1) is 17.3. The number of hydrogen-bond donors (Lipinski definition) is 1. The lowest BCUT2D eigenvalue weighted by atomic mass is 10.1. The number of rotatable bonds is 5. The molecule has 0 radical (unpaired) electrons. The Hall–Kier alpha value is -3.02. The molecule has 2 aromatic rings. The minimum Gasteiger partial charge on any atom is -0.493 e. The number of methoxy groups -OCH3 is 2. The highest BCUT2D eigenvalue weighted by atomic mass is 16.5. The van der Waals surface area contributed by atoms with Gasteiger partial charge < -0.3 is 14.8 Å². The quantitative estimate of drug-likeness (QED) is 0.916. The molecule has 0 heterocycles.